The average molecular weight is 369 g/mol. The molecule has 1 aliphatic rings. The van der Waals surface area contributed by atoms with Crippen LogP contribution in [0.25, 0.3) is 0 Å². The maximum atomic E-state index is 13.7. The molecule has 0 aromatic heterocycles. The first kappa shape index (κ1) is 18.6. The van der Waals surface area contributed by atoms with Crippen molar-refractivity contribution >= 4 is 17.8 Å². The van der Waals surface area contributed by atoms with Crippen molar-refractivity contribution < 1.29 is 18.8 Å². The Morgan fingerprint density at radius 3 is 2.48 bits per heavy atom. The number of hydrogen-bond acceptors (Lipinski definition) is 3. The third-order valence-corrected chi connectivity index (χ3v) is 4.56. The van der Waals surface area contributed by atoms with Crippen LogP contribution in [-0.2, 0) is 22.4 Å². The monoisotopic (exact) mass is 369 g/mol. The Kier molecular flexibility index (Phi) is 5.21. The highest BCUT2D eigenvalue weighted by molar-refractivity contribution is 6.07. The van der Waals surface area contributed by atoms with E-state index in [4.69, 9.17) is 0 Å². The fourth-order valence-corrected chi connectivity index (χ4v) is 2.97. The molecule has 0 bridgehead atoms. The van der Waals surface area contributed by atoms with Crippen LogP contribution in [0.2, 0.25) is 0 Å². The molecule has 0 radical (unpaired) electrons. The standard InChI is InChI=1S/C20H20FN3O3/c1-20(12-11-14-7-3-2-4-8-14)18(26)24(19(27)22-20)23-17(25)13-15-9-5-6-10-16(15)21/h2-10H,11-13H2,1H3,(H,22,27)(H,23,25). The predicted molar refractivity (Wildman–Crippen MR) is 96.8 cm³/mol. The highest BCUT2D eigenvalue weighted by Gasteiger charge is 2.48. The minimum atomic E-state index is -1.11. The topological polar surface area (TPSA) is 78.5 Å². The van der Waals surface area contributed by atoms with Crippen LogP contribution in [-0.4, -0.2) is 28.4 Å². The lowest BCUT2D eigenvalue weighted by Gasteiger charge is -2.21. The highest BCUT2D eigenvalue weighted by atomic mass is 19.1. The summed E-state index contributed by atoms with van der Waals surface area (Å²) in [7, 11) is 0. The van der Waals surface area contributed by atoms with E-state index in [1.807, 2.05) is 30.3 Å². The van der Waals surface area contributed by atoms with Crippen molar-refractivity contribution in [2.24, 2.45) is 0 Å². The van der Waals surface area contributed by atoms with Crippen molar-refractivity contribution in [3.63, 3.8) is 0 Å². The molecule has 1 aliphatic heterocycles. The van der Waals surface area contributed by atoms with Crippen molar-refractivity contribution in [1.29, 1.82) is 0 Å². The Balaban J connectivity index is 1.63. The van der Waals surface area contributed by atoms with E-state index >= 15 is 0 Å². The van der Waals surface area contributed by atoms with E-state index in [2.05, 4.69) is 10.7 Å². The number of aryl methyl sites for hydroxylation is 1. The molecule has 1 saturated heterocycles. The first-order chi connectivity index (χ1) is 12.9. The third-order valence-electron chi connectivity index (χ3n) is 4.56. The first-order valence-corrected chi connectivity index (χ1v) is 8.62. The Labute approximate surface area is 156 Å². The van der Waals surface area contributed by atoms with Gasteiger partial charge in [0.1, 0.15) is 11.4 Å². The van der Waals surface area contributed by atoms with E-state index in [-0.39, 0.29) is 12.0 Å². The van der Waals surface area contributed by atoms with E-state index in [0.29, 0.717) is 17.9 Å². The molecular weight excluding hydrogens is 349 g/mol. The van der Waals surface area contributed by atoms with Crippen LogP contribution in [0.4, 0.5) is 9.18 Å². The number of hydrazine groups is 1. The highest BCUT2D eigenvalue weighted by Crippen LogP contribution is 2.22. The van der Waals surface area contributed by atoms with Gasteiger partial charge in [0.05, 0.1) is 6.42 Å². The lowest BCUT2D eigenvalue weighted by Crippen LogP contribution is -2.49. The molecule has 1 heterocycles. The van der Waals surface area contributed by atoms with Crippen LogP contribution in [0.3, 0.4) is 0 Å². The fourth-order valence-electron chi connectivity index (χ4n) is 2.97. The Hall–Kier alpha value is -3.22. The van der Waals surface area contributed by atoms with Crippen molar-refractivity contribution in [3.05, 3.63) is 71.5 Å². The van der Waals surface area contributed by atoms with Gasteiger partial charge in [-0.2, -0.15) is 5.01 Å². The molecule has 3 rings (SSSR count). The van der Waals surface area contributed by atoms with Crippen LogP contribution < -0.4 is 10.7 Å². The number of nitrogens with one attached hydrogen (secondary N) is 2. The zero-order valence-electron chi connectivity index (χ0n) is 14.9. The van der Waals surface area contributed by atoms with E-state index in [1.54, 1.807) is 13.0 Å². The quantitative estimate of drug-likeness (QED) is 0.767. The van der Waals surface area contributed by atoms with Gasteiger partial charge in [-0.3, -0.25) is 15.0 Å². The van der Waals surface area contributed by atoms with E-state index < -0.39 is 29.2 Å². The SMILES string of the molecule is CC1(CCc2ccccc2)NC(=O)N(NC(=O)Cc2ccccc2F)C1=O. The van der Waals surface area contributed by atoms with Crippen molar-refractivity contribution in [2.75, 3.05) is 0 Å². The molecule has 1 atom stereocenters. The second-order valence-electron chi connectivity index (χ2n) is 6.69. The lowest BCUT2D eigenvalue weighted by atomic mass is 9.93. The Bertz CT molecular complexity index is 872. The lowest BCUT2D eigenvalue weighted by molar-refractivity contribution is -0.138. The molecule has 0 aliphatic carbocycles. The predicted octanol–water partition coefficient (Wildman–Crippen LogP) is 2.34. The molecule has 6 nitrogen and oxygen atoms in total. The van der Waals surface area contributed by atoms with Crippen molar-refractivity contribution in [3.8, 4) is 0 Å². The van der Waals surface area contributed by atoms with Crippen LogP contribution in [0.5, 0.6) is 0 Å². The van der Waals surface area contributed by atoms with Gasteiger partial charge in [0, 0.05) is 0 Å². The number of amides is 4. The second kappa shape index (κ2) is 7.57. The van der Waals surface area contributed by atoms with Gasteiger partial charge in [-0.1, -0.05) is 48.5 Å². The summed E-state index contributed by atoms with van der Waals surface area (Å²) < 4.78 is 13.7. The number of halogens is 1. The maximum absolute atomic E-state index is 13.7. The molecule has 0 spiro atoms. The molecular formula is C20H20FN3O3. The molecule has 27 heavy (non-hydrogen) atoms. The summed E-state index contributed by atoms with van der Waals surface area (Å²) in [5.41, 5.74) is 2.39. The van der Waals surface area contributed by atoms with Gasteiger partial charge in [-0.15, -0.1) is 0 Å². The van der Waals surface area contributed by atoms with Crippen LogP contribution in [0.15, 0.2) is 54.6 Å². The Morgan fingerprint density at radius 1 is 1.11 bits per heavy atom. The molecule has 140 valence electrons. The fraction of sp³-hybridized carbons (Fsp3) is 0.250. The number of imide groups is 1. The van der Waals surface area contributed by atoms with Crippen molar-refractivity contribution in [1.82, 2.24) is 15.8 Å². The molecule has 1 fully saturated rings. The Morgan fingerprint density at radius 2 is 1.78 bits per heavy atom. The molecule has 2 aromatic rings. The van der Waals surface area contributed by atoms with Crippen LogP contribution in [0, 0.1) is 5.82 Å². The molecule has 2 aromatic carbocycles. The average Bonchev–Trinajstić information content (AvgIpc) is 2.86. The first-order valence-electron chi connectivity index (χ1n) is 8.62. The van der Waals surface area contributed by atoms with Crippen LogP contribution in [0.1, 0.15) is 24.5 Å². The number of nitrogens with zero attached hydrogens (tertiary/aromatic N) is 1. The van der Waals surface area contributed by atoms with Gasteiger partial charge in [0.25, 0.3) is 5.91 Å². The van der Waals surface area contributed by atoms with E-state index in [9.17, 15) is 18.8 Å². The molecule has 4 amide bonds. The van der Waals surface area contributed by atoms with Gasteiger partial charge in [0.15, 0.2) is 0 Å². The largest absolute Gasteiger partial charge is 0.344 e. The third kappa shape index (κ3) is 4.13. The van der Waals surface area contributed by atoms with Gasteiger partial charge < -0.3 is 5.32 Å². The summed E-state index contributed by atoms with van der Waals surface area (Å²) in [4.78, 5) is 37.0. The summed E-state index contributed by atoms with van der Waals surface area (Å²) >= 11 is 0. The number of carbonyl (C=O) groups is 3. The number of benzene rings is 2. The van der Waals surface area contributed by atoms with E-state index in [1.165, 1.54) is 18.2 Å². The normalized spacial score (nSPS) is 19.1. The number of rotatable bonds is 6. The van der Waals surface area contributed by atoms with E-state index in [0.717, 1.165) is 5.56 Å². The zero-order chi connectivity index (χ0) is 19.4. The summed E-state index contributed by atoms with van der Waals surface area (Å²) in [6.45, 7) is 1.62. The summed E-state index contributed by atoms with van der Waals surface area (Å²) in [5.74, 6) is -1.70. The number of carbonyl (C=O) groups excluding carboxylic acids is 3. The minimum Gasteiger partial charge on any atom is -0.322 e. The van der Waals surface area contributed by atoms with Crippen LogP contribution >= 0.6 is 0 Å². The molecule has 0 saturated carbocycles. The van der Waals surface area contributed by atoms with Gasteiger partial charge in [0.2, 0.25) is 5.91 Å². The summed E-state index contributed by atoms with van der Waals surface area (Å²) in [6.07, 6.45) is 0.714. The summed E-state index contributed by atoms with van der Waals surface area (Å²) in [6, 6.07) is 14.8. The number of urea groups is 1. The zero-order valence-corrected chi connectivity index (χ0v) is 14.9. The second-order valence-corrected chi connectivity index (χ2v) is 6.69. The molecule has 2 N–H and O–H groups in total. The molecule has 7 heteroatoms. The maximum Gasteiger partial charge on any atom is 0.344 e. The smallest absolute Gasteiger partial charge is 0.322 e. The number of hydrogen-bond donors (Lipinski definition) is 2. The minimum absolute atomic E-state index is 0.189. The molecule has 1 unspecified atom stereocenters. The van der Waals surface area contributed by atoms with Gasteiger partial charge >= 0.3 is 6.03 Å². The van der Waals surface area contributed by atoms with Gasteiger partial charge in [-0.05, 0) is 37.0 Å². The van der Waals surface area contributed by atoms with Gasteiger partial charge in [-0.25, -0.2) is 9.18 Å². The summed E-state index contributed by atoms with van der Waals surface area (Å²) in [5, 5.41) is 3.30. The van der Waals surface area contributed by atoms with Crippen molar-refractivity contribution in [2.45, 2.75) is 31.7 Å².